The quantitative estimate of drug-likeness (QED) is 0.193. The molecule has 0 spiro atoms. The second kappa shape index (κ2) is 10.0. The molecule has 0 saturated carbocycles. The predicted octanol–water partition coefficient (Wildman–Crippen LogP) is 10.9. The van der Waals surface area contributed by atoms with Crippen molar-refractivity contribution < 1.29 is 0 Å². The summed E-state index contributed by atoms with van der Waals surface area (Å²) in [5, 5.41) is 10.5. The molecule has 8 aromatic carbocycles. The van der Waals surface area contributed by atoms with Crippen LogP contribution in [0.1, 0.15) is 0 Å². The van der Waals surface area contributed by atoms with Crippen molar-refractivity contribution in [2.45, 2.75) is 0 Å². The lowest BCUT2D eigenvalue weighted by atomic mass is 9.91. The lowest BCUT2D eigenvalue weighted by Crippen LogP contribution is -2.19. The van der Waals surface area contributed by atoms with Gasteiger partial charge in [0.25, 0.3) is 5.56 Å². The molecule has 45 heavy (non-hydrogen) atoms. The van der Waals surface area contributed by atoms with E-state index in [9.17, 15) is 4.79 Å². The van der Waals surface area contributed by atoms with Gasteiger partial charge in [-0.3, -0.25) is 9.36 Å². The van der Waals surface area contributed by atoms with Crippen LogP contribution in [0.3, 0.4) is 0 Å². The van der Waals surface area contributed by atoms with Crippen molar-refractivity contribution in [2.24, 2.45) is 0 Å². The molecule has 9 rings (SSSR count). The highest BCUT2D eigenvalue weighted by atomic mass is 16.1. The van der Waals surface area contributed by atoms with Crippen LogP contribution >= 0.6 is 0 Å². The minimum atomic E-state index is -0.00402. The zero-order chi connectivity index (χ0) is 29.9. The van der Waals surface area contributed by atoms with Gasteiger partial charge < -0.3 is 0 Å². The summed E-state index contributed by atoms with van der Waals surface area (Å²) in [5.41, 5.74) is 6.37. The fraction of sp³-hybridized carbons (Fsp3) is 0. The summed E-state index contributed by atoms with van der Waals surface area (Å²) in [5.74, 6) is 0. The van der Waals surface area contributed by atoms with Gasteiger partial charge in [0.2, 0.25) is 0 Å². The zero-order valence-corrected chi connectivity index (χ0v) is 24.4. The van der Waals surface area contributed by atoms with Gasteiger partial charge in [-0.2, -0.15) is 0 Å². The summed E-state index contributed by atoms with van der Waals surface area (Å²) in [7, 11) is 0. The van der Waals surface area contributed by atoms with Gasteiger partial charge in [-0.15, -0.1) is 0 Å². The molecular weight excluding hydrogens is 546 g/mol. The van der Waals surface area contributed by atoms with E-state index in [0.29, 0.717) is 0 Å². The molecule has 210 valence electrons. The molecule has 0 bridgehead atoms. The van der Waals surface area contributed by atoms with E-state index < -0.39 is 0 Å². The Morgan fingerprint density at radius 3 is 1.40 bits per heavy atom. The first-order valence-electron chi connectivity index (χ1n) is 15.3. The minimum absolute atomic E-state index is 0.00402. The highest BCUT2D eigenvalue weighted by molar-refractivity contribution is 6.25. The lowest BCUT2D eigenvalue weighted by Gasteiger charge is -2.14. The Morgan fingerprint density at radius 2 is 0.756 bits per heavy atom. The Labute approximate surface area is 260 Å². The highest BCUT2D eigenvalue weighted by Gasteiger charge is 2.13. The van der Waals surface area contributed by atoms with Gasteiger partial charge in [-0.05, 0) is 96.4 Å². The Balaban J connectivity index is 1.14. The molecule has 0 unspecified atom stereocenters. The van der Waals surface area contributed by atoms with E-state index in [1.54, 1.807) is 0 Å². The maximum atomic E-state index is 13.7. The normalized spacial score (nSPS) is 11.6. The summed E-state index contributed by atoms with van der Waals surface area (Å²) in [6, 6.07) is 57.3. The van der Waals surface area contributed by atoms with Gasteiger partial charge in [0, 0.05) is 16.5 Å². The van der Waals surface area contributed by atoms with Crippen molar-refractivity contribution in [2.75, 3.05) is 0 Å². The molecule has 0 N–H and O–H groups in total. The highest BCUT2D eigenvalue weighted by Crippen LogP contribution is 2.37. The number of para-hydroxylation sites is 1. The van der Waals surface area contributed by atoms with E-state index in [1.807, 2.05) is 47.0 Å². The van der Waals surface area contributed by atoms with Crippen molar-refractivity contribution in [3.8, 4) is 27.9 Å². The average molecular weight is 574 g/mol. The molecule has 0 amide bonds. The summed E-state index contributed by atoms with van der Waals surface area (Å²) in [6.45, 7) is 0. The SMILES string of the molecule is O=c1c2ccccc2c2ccccc2n1-c1ccc(-c2cccc(-c3ccc4c5ccccc5c5ccccc5c4c3)c2)cc1. The van der Waals surface area contributed by atoms with E-state index in [-0.39, 0.29) is 5.56 Å². The molecule has 0 radical (unpaired) electrons. The fourth-order valence-corrected chi connectivity index (χ4v) is 7.06. The minimum Gasteiger partial charge on any atom is -0.276 e. The molecule has 1 aromatic heterocycles. The number of hydrogen-bond donors (Lipinski definition) is 0. The zero-order valence-electron chi connectivity index (χ0n) is 24.4. The molecule has 2 nitrogen and oxygen atoms in total. The van der Waals surface area contributed by atoms with Gasteiger partial charge in [-0.25, -0.2) is 0 Å². The number of fused-ring (bicyclic) bond motifs is 9. The summed E-state index contributed by atoms with van der Waals surface area (Å²) >= 11 is 0. The van der Waals surface area contributed by atoms with Crippen LogP contribution in [-0.4, -0.2) is 4.57 Å². The van der Waals surface area contributed by atoms with Crippen LogP contribution in [0, 0.1) is 0 Å². The number of nitrogens with zero attached hydrogens (tertiary/aromatic N) is 1. The molecule has 0 atom stereocenters. The molecule has 0 aliphatic carbocycles. The van der Waals surface area contributed by atoms with Crippen LogP contribution in [0.15, 0.2) is 169 Å². The topological polar surface area (TPSA) is 22.0 Å². The third kappa shape index (κ3) is 4.00. The molecule has 0 aliphatic rings. The predicted molar refractivity (Wildman–Crippen MR) is 190 cm³/mol. The standard InChI is InChI=1S/C43H27NO/c45-43-40-18-6-5-16-37(40)39-17-7-8-19-42(39)44(43)32-23-20-28(21-24-32)29-10-9-11-30(26-29)31-22-25-38-35-14-2-1-12-33(35)34-13-3-4-15-36(34)41(38)27-31/h1-27H. The lowest BCUT2D eigenvalue weighted by molar-refractivity contribution is 1.06. The maximum absolute atomic E-state index is 13.7. The first-order valence-corrected chi connectivity index (χ1v) is 15.3. The van der Waals surface area contributed by atoms with E-state index in [4.69, 9.17) is 0 Å². The smallest absolute Gasteiger partial charge is 0.263 e. The Morgan fingerprint density at radius 1 is 0.311 bits per heavy atom. The van der Waals surface area contributed by atoms with Gasteiger partial charge >= 0.3 is 0 Å². The Hall–Kier alpha value is -5.99. The van der Waals surface area contributed by atoms with E-state index >= 15 is 0 Å². The first-order chi connectivity index (χ1) is 22.2. The van der Waals surface area contributed by atoms with E-state index in [0.717, 1.165) is 38.5 Å². The number of aromatic nitrogens is 1. The van der Waals surface area contributed by atoms with Crippen molar-refractivity contribution in [3.63, 3.8) is 0 Å². The maximum Gasteiger partial charge on any atom is 0.263 e. The van der Waals surface area contributed by atoms with Crippen LogP contribution in [0.4, 0.5) is 0 Å². The first kappa shape index (κ1) is 25.5. The Bertz CT molecular complexity index is 2630. The monoisotopic (exact) mass is 573 g/mol. The van der Waals surface area contributed by atoms with E-state index in [1.165, 1.54) is 43.4 Å². The molecule has 0 fully saturated rings. The number of pyridine rings is 1. The van der Waals surface area contributed by atoms with Crippen LogP contribution in [0.5, 0.6) is 0 Å². The third-order valence-electron chi connectivity index (χ3n) is 9.19. The van der Waals surface area contributed by atoms with Gasteiger partial charge in [0.15, 0.2) is 0 Å². The molecule has 0 saturated heterocycles. The second-order valence-corrected chi connectivity index (χ2v) is 11.7. The summed E-state index contributed by atoms with van der Waals surface area (Å²) in [4.78, 5) is 13.7. The van der Waals surface area contributed by atoms with Gasteiger partial charge in [-0.1, -0.05) is 127 Å². The molecule has 2 heteroatoms. The number of benzene rings is 8. The van der Waals surface area contributed by atoms with Gasteiger partial charge in [0.1, 0.15) is 0 Å². The van der Waals surface area contributed by atoms with Crippen molar-refractivity contribution in [3.05, 3.63) is 174 Å². The fourth-order valence-electron chi connectivity index (χ4n) is 7.06. The van der Waals surface area contributed by atoms with Gasteiger partial charge in [0.05, 0.1) is 5.52 Å². The summed E-state index contributed by atoms with van der Waals surface area (Å²) < 4.78 is 1.83. The number of hydrogen-bond acceptors (Lipinski definition) is 1. The summed E-state index contributed by atoms with van der Waals surface area (Å²) in [6.07, 6.45) is 0. The van der Waals surface area contributed by atoms with Crippen LogP contribution in [0.2, 0.25) is 0 Å². The molecule has 0 aliphatic heterocycles. The number of rotatable bonds is 3. The third-order valence-corrected chi connectivity index (χ3v) is 9.19. The van der Waals surface area contributed by atoms with Crippen LogP contribution in [-0.2, 0) is 0 Å². The van der Waals surface area contributed by atoms with Crippen molar-refractivity contribution in [1.82, 2.24) is 4.57 Å². The van der Waals surface area contributed by atoms with Crippen LogP contribution < -0.4 is 5.56 Å². The van der Waals surface area contributed by atoms with Crippen molar-refractivity contribution in [1.29, 1.82) is 0 Å². The van der Waals surface area contributed by atoms with Crippen molar-refractivity contribution >= 4 is 54.0 Å². The Kier molecular flexibility index (Phi) is 5.69. The molecule has 1 heterocycles. The molecular formula is C43H27NO. The molecule has 9 aromatic rings. The largest absolute Gasteiger partial charge is 0.276 e. The second-order valence-electron chi connectivity index (χ2n) is 11.7. The van der Waals surface area contributed by atoms with E-state index in [2.05, 4.69) is 121 Å². The average Bonchev–Trinajstić information content (AvgIpc) is 3.12. The van der Waals surface area contributed by atoms with Crippen LogP contribution in [0.25, 0.3) is 81.9 Å².